The van der Waals surface area contributed by atoms with E-state index in [1.165, 1.54) is 4.68 Å². The first-order valence-electron chi connectivity index (χ1n) is 9.59. The Bertz CT molecular complexity index is 1200. The zero-order valence-corrected chi connectivity index (χ0v) is 16.2. The van der Waals surface area contributed by atoms with Crippen LogP contribution in [-0.4, -0.2) is 15.7 Å². The van der Waals surface area contributed by atoms with Gasteiger partial charge in [-0.1, -0.05) is 66.7 Å². The maximum absolute atomic E-state index is 13.7. The molecule has 4 rings (SSSR count). The first-order valence-corrected chi connectivity index (χ1v) is 9.59. The molecule has 0 atom stereocenters. The van der Waals surface area contributed by atoms with Crippen LogP contribution >= 0.6 is 0 Å². The van der Waals surface area contributed by atoms with E-state index in [0.29, 0.717) is 23.9 Å². The van der Waals surface area contributed by atoms with Crippen molar-refractivity contribution < 1.29 is 4.79 Å². The fourth-order valence-electron chi connectivity index (χ4n) is 3.39. The third kappa shape index (κ3) is 3.67. The number of para-hydroxylation sites is 1. The molecule has 0 saturated carbocycles. The molecule has 0 aliphatic carbocycles. The molecule has 0 unspecified atom stereocenters. The summed E-state index contributed by atoms with van der Waals surface area (Å²) >= 11 is 0. The number of nitrogens with zero attached hydrogens (tertiary/aromatic N) is 3. The zero-order valence-electron chi connectivity index (χ0n) is 16.2. The van der Waals surface area contributed by atoms with Gasteiger partial charge in [-0.25, -0.2) is 4.68 Å². The summed E-state index contributed by atoms with van der Waals surface area (Å²) in [4.78, 5) is 28.0. The predicted molar refractivity (Wildman–Crippen MR) is 115 cm³/mol. The summed E-state index contributed by atoms with van der Waals surface area (Å²) in [5, 5.41) is 5.49. The van der Waals surface area contributed by atoms with Crippen molar-refractivity contribution in [1.29, 1.82) is 0 Å². The molecule has 29 heavy (non-hydrogen) atoms. The molecule has 1 heterocycles. The second kappa shape index (κ2) is 8.10. The van der Waals surface area contributed by atoms with Crippen LogP contribution in [0.15, 0.2) is 89.7 Å². The number of carbonyl (C=O) groups is 1. The highest BCUT2D eigenvalue weighted by molar-refractivity contribution is 6.12. The lowest BCUT2D eigenvalue weighted by molar-refractivity contribution is 0.0980. The number of fused-ring (bicyclic) bond motifs is 1. The van der Waals surface area contributed by atoms with Crippen molar-refractivity contribution in [2.45, 2.75) is 20.0 Å². The molecule has 1 aromatic heterocycles. The molecule has 0 aliphatic rings. The first-order chi connectivity index (χ1) is 14.2. The molecule has 5 heteroatoms. The summed E-state index contributed by atoms with van der Waals surface area (Å²) in [5.41, 5.74) is 1.88. The average Bonchev–Trinajstić information content (AvgIpc) is 2.79. The fraction of sp³-hybridized carbons (Fsp3) is 0.125. The largest absolute Gasteiger partial charge is 0.303 e. The molecule has 3 aromatic carbocycles. The zero-order chi connectivity index (χ0) is 20.2. The van der Waals surface area contributed by atoms with Gasteiger partial charge in [0.25, 0.3) is 11.5 Å². The lowest BCUT2D eigenvalue weighted by Gasteiger charge is -2.23. The Balaban J connectivity index is 1.87. The van der Waals surface area contributed by atoms with E-state index >= 15 is 0 Å². The summed E-state index contributed by atoms with van der Waals surface area (Å²) in [6.45, 7) is 2.65. The van der Waals surface area contributed by atoms with Crippen molar-refractivity contribution in [1.82, 2.24) is 9.78 Å². The van der Waals surface area contributed by atoms with Gasteiger partial charge in [-0.2, -0.15) is 5.10 Å². The molecule has 4 aromatic rings. The summed E-state index contributed by atoms with van der Waals surface area (Å²) in [7, 11) is 0. The van der Waals surface area contributed by atoms with Crippen LogP contribution in [0.5, 0.6) is 0 Å². The number of carbonyl (C=O) groups excluding carboxylic acids is 1. The molecule has 0 saturated heterocycles. The molecule has 0 bridgehead atoms. The Kier molecular flexibility index (Phi) is 5.20. The Morgan fingerprint density at radius 2 is 1.45 bits per heavy atom. The average molecular weight is 383 g/mol. The van der Waals surface area contributed by atoms with E-state index in [4.69, 9.17) is 0 Å². The van der Waals surface area contributed by atoms with Crippen LogP contribution < -0.4 is 10.5 Å². The van der Waals surface area contributed by atoms with Crippen LogP contribution in [0.1, 0.15) is 23.0 Å². The molecule has 0 radical (unpaired) electrons. The van der Waals surface area contributed by atoms with Crippen molar-refractivity contribution in [3.05, 3.63) is 107 Å². The van der Waals surface area contributed by atoms with Gasteiger partial charge in [0, 0.05) is 17.6 Å². The highest BCUT2D eigenvalue weighted by atomic mass is 16.2. The molecular formula is C24H21N3O2. The standard InChI is InChI=1S/C24H21N3O2/c1-2-27-23(28)21-16-10-9-15-20(21)22(25-27)24(29)26(19-13-7-4-8-14-19)17-18-11-5-3-6-12-18/h3-16H,2,17H2,1H3. The third-order valence-electron chi connectivity index (χ3n) is 4.87. The quantitative estimate of drug-likeness (QED) is 0.517. The van der Waals surface area contributed by atoms with E-state index in [1.54, 1.807) is 23.1 Å². The number of aryl methyl sites for hydroxylation is 1. The Labute approximate surface area is 168 Å². The van der Waals surface area contributed by atoms with Gasteiger partial charge < -0.3 is 4.90 Å². The molecule has 5 nitrogen and oxygen atoms in total. The lowest BCUT2D eigenvalue weighted by atomic mass is 10.1. The van der Waals surface area contributed by atoms with E-state index in [0.717, 1.165) is 11.3 Å². The molecule has 144 valence electrons. The predicted octanol–water partition coefficient (Wildman–Crippen LogP) is 4.26. The first kappa shape index (κ1) is 18.6. The van der Waals surface area contributed by atoms with Gasteiger partial charge in [0.1, 0.15) is 0 Å². The van der Waals surface area contributed by atoms with Crippen molar-refractivity contribution in [3.8, 4) is 0 Å². The molecule has 0 N–H and O–H groups in total. The van der Waals surface area contributed by atoms with E-state index < -0.39 is 0 Å². The molecular weight excluding hydrogens is 362 g/mol. The summed E-state index contributed by atoms with van der Waals surface area (Å²) in [5.74, 6) is -0.238. The maximum Gasteiger partial charge on any atom is 0.279 e. The van der Waals surface area contributed by atoms with Gasteiger partial charge in [0.05, 0.1) is 11.9 Å². The number of rotatable bonds is 5. The topological polar surface area (TPSA) is 55.2 Å². The SMILES string of the molecule is CCn1nc(C(=O)N(Cc2ccccc2)c2ccccc2)c2ccccc2c1=O. The van der Waals surface area contributed by atoms with Crippen LogP contribution in [0, 0.1) is 0 Å². The highest BCUT2D eigenvalue weighted by Gasteiger charge is 2.23. The van der Waals surface area contributed by atoms with Gasteiger partial charge in [0.15, 0.2) is 5.69 Å². The smallest absolute Gasteiger partial charge is 0.279 e. The number of hydrogen-bond acceptors (Lipinski definition) is 3. The normalized spacial score (nSPS) is 10.8. The van der Waals surface area contributed by atoms with Gasteiger partial charge in [-0.05, 0) is 30.7 Å². The molecule has 0 fully saturated rings. The number of hydrogen-bond donors (Lipinski definition) is 0. The van der Waals surface area contributed by atoms with Gasteiger partial charge >= 0.3 is 0 Å². The second-order valence-corrected chi connectivity index (χ2v) is 6.73. The maximum atomic E-state index is 13.7. The second-order valence-electron chi connectivity index (χ2n) is 6.73. The number of anilines is 1. The number of amides is 1. The Morgan fingerprint density at radius 1 is 0.862 bits per heavy atom. The highest BCUT2D eigenvalue weighted by Crippen LogP contribution is 2.22. The summed E-state index contributed by atoms with van der Waals surface area (Å²) in [6.07, 6.45) is 0. The van der Waals surface area contributed by atoms with Crippen LogP contribution in [0.3, 0.4) is 0 Å². The van der Waals surface area contributed by atoms with Crippen molar-refractivity contribution in [2.24, 2.45) is 0 Å². The molecule has 1 amide bonds. The molecule has 0 aliphatic heterocycles. The molecule has 0 spiro atoms. The minimum Gasteiger partial charge on any atom is -0.303 e. The Hall–Kier alpha value is -3.73. The van der Waals surface area contributed by atoms with E-state index in [1.807, 2.05) is 73.7 Å². The minimum absolute atomic E-state index is 0.186. The van der Waals surface area contributed by atoms with Gasteiger partial charge in [0.2, 0.25) is 0 Å². The van der Waals surface area contributed by atoms with Crippen LogP contribution in [0.2, 0.25) is 0 Å². The monoisotopic (exact) mass is 383 g/mol. The van der Waals surface area contributed by atoms with Gasteiger partial charge in [-0.15, -0.1) is 0 Å². The van der Waals surface area contributed by atoms with Crippen molar-refractivity contribution in [3.63, 3.8) is 0 Å². The van der Waals surface area contributed by atoms with Crippen LogP contribution in [-0.2, 0) is 13.1 Å². The van der Waals surface area contributed by atoms with Crippen molar-refractivity contribution >= 4 is 22.4 Å². The van der Waals surface area contributed by atoms with Crippen molar-refractivity contribution in [2.75, 3.05) is 4.90 Å². The van der Waals surface area contributed by atoms with Crippen LogP contribution in [0.4, 0.5) is 5.69 Å². The minimum atomic E-state index is -0.238. The Morgan fingerprint density at radius 3 is 2.10 bits per heavy atom. The van der Waals surface area contributed by atoms with E-state index in [9.17, 15) is 9.59 Å². The van der Waals surface area contributed by atoms with E-state index in [2.05, 4.69) is 5.10 Å². The van der Waals surface area contributed by atoms with E-state index in [-0.39, 0.29) is 17.2 Å². The third-order valence-corrected chi connectivity index (χ3v) is 4.87. The lowest BCUT2D eigenvalue weighted by Crippen LogP contribution is -2.34. The van der Waals surface area contributed by atoms with Crippen LogP contribution in [0.25, 0.3) is 10.8 Å². The number of benzene rings is 3. The van der Waals surface area contributed by atoms with Gasteiger partial charge in [-0.3, -0.25) is 9.59 Å². The summed E-state index contributed by atoms with van der Waals surface area (Å²) < 4.78 is 1.35. The fourth-order valence-corrected chi connectivity index (χ4v) is 3.39. The summed E-state index contributed by atoms with van der Waals surface area (Å²) in [6, 6.07) is 26.5. The number of aromatic nitrogens is 2.